The van der Waals surface area contributed by atoms with Gasteiger partial charge in [-0.3, -0.25) is 4.79 Å². The number of hydrogen-bond donors (Lipinski definition) is 1. The van der Waals surface area contributed by atoms with Crippen molar-refractivity contribution in [1.29, 1.82) is 0 Å². The molecule has 0 aliphatic heterocycles. The molecule has 1 aromatic heterocycles. The van der Waals surface area contributed by atoms with E-state index < -0.39 is 10.0 Å². The Bertz CT molecular complexity index is 1170. The summed E-state index contributed by atoms with van der Waals surface area (Å²) in [6.45, 7) is 0.244. The molecule has 7 heteroatoms. The molecule has 1 heterocycles. The molecule has 1 N–H and O–H groups in total. The third kappa shape index (κ3) is 4.46. The molecule has 0 spiro atoms. The van der Waals surface area contributed by atoms with Crippen molar-refractivity contribution in [3.63, 3.8) is 0 Å². The maximum atomic E-state index is 12.7. The van der Waals surface area contributed by atoms with Gasteiger partial charge in [0.05, 0.1) is 17.1 Å². The Labute approximate surface area is 170 Å². The lowest BCUT2D eigenvalue weighted by atomic mass is 9.92. The molecule has 1 aliphatic rings. The second-order valence-corrected chi connectivity index (χ2v) is 8.95. The van der Waals surface area contributed by atoms with Gasteiger partial charge in [-0.1, -0.05) is 36.4 Å². The van der Waals surface area contributed by atoms with Crippen LogP contribution in [0.5, 0.6) is 0 Å². The topological polar surface area (TPSA) is 81.1 Å². The SMILES string of the molecule is O=c1ccc(-c2ccccc2)nn1CCNS(=O)(=O)c1ccc2c(c1)CCCC2. The van der Waals surface area contributed by atoms with Gasteiger partial charge < -0.3 is 0 Å². The highest BCUT2D eigenvalue weighted by atomic mass is 32.2. The Morgan fingerprint density at radius 1 is 0.931 bits per heavy atom. The summed E-state index contributed by atoms with van der Waals surface area (Å²) in [5, 5.41) is 4.36. The molecule has 29 heavy (non-hydrogen) atoms. The fraction of sp³-hybridized carbons (Fsp3) is 0.273. The fourth-order valence-electron chi connectivity index (χ4n) is 3.62. The van der Waals surface area contributed by atoms with E-state index in [2.05, 4.69) is 9.82 Å². The molecule has 2 aromatic carbocycles. The smallest absolute Gasteiger partial charge is 0.266 e. The van der Waals surface area contributed by atoms with E-state index in [0.717, 1.165) is 36.8 Å². The molecule has 0 unspecified atom stereocenters. The van der Waals surface area contributed by atoms with Crippen LogP contribution >= 0.6 is 0 Å². The van der Waals surface area contributed by atoms with Gasteiger partial charge in [0.25, 0.3) is 5.56 Å². The number of aryl methyl sites for hydroxylation is 2. The van der Waals surface area contributed by atoms with Crippen LogP contribution in [0.2, 0.25) is 0 Å². The monoisotopic (exact) mass is 409 g/mol. The van der Waals surface area contributed by atoms with Gasteiger partial charge in [0.2, 0.25) is 10.0 Å². The predicted octanol–water partition coefficient (Wildman–Crippen LogP) is 2.77. The van der Waals surface area contributed by atoms with Gasteiger partial charge in [0, 0.05) is 18.2 Å². The lowest BCUT2D eigenvalue weighted by Crippen LogP contribution is -2.32. The van der Waals surface area contributed by atoms with E-state index in [-0.39, 0.29) is 23.5 Å². The zero-order valence-corrected chi connectivity index (χ0v) is 16.9. The molecule has 0 radical (unpaired) electrons. The van der Waals surface area contributed by atoms with Crippen LogP contribution in [0.4, 0.5) is 0 Å². The molecule has 0 amide bonds. The van der Waals surface area contributed by atoms with Gasteiger partial charge in [-0.15, -0.1) is 0 Å². The summed E-state index contributed by atoms with van der Waals surface area (Å²) in [5.74, 6) is 0. The molecule has 0 saturated heterocycles. The number of nitrogens with zero attached hydrogens (tertiary/aromatic N) is 2. The summed E-state index contributed by atoms with van der Waals surface area (Å²) in [6, 6.07) is 18.0. The van der Waals surface area contributed by atoms with Crippen LogP contribution in [0, 0.1) is 0 Å². The Hall–Kier alpha value is -2.77. The van der Waals surface area contributed by atoms with E-state index in [0.29, 0.717) is 5.69 Å². The lowest BCUT2D eigenvalue weighted by Gasteiger charge is -2.17. The average molecular weight is 410 g/mol. The molecule has 1 aliphatic carbocycles. The van der Waals surface area contributed by atoms with Crippen molar-refractivity contribution in [3.8, 4) is 11.3 Å². The minimum Gasteiger partial charge on any atom is -0.268 e. The highest BCUT2D eigenvalue weighted by molar-refractivity contribution is 7.89. The van der Waals surface area contributed by atoms with Crippen LogP contribution in [-0.4, -0.2) is 24.7 Å². The maximum Gasteiger partial charge on any atom is 0.266 e. The third-order valence-corrected chi connectivity index (χ3v) is 6.64. The van der Waals surface area contributed by atoms with E-state index >= 15 is 0 Å². The van der Waals surface area contributed by atoms with E-state index in [4.69, 9.17) is 0 Å². The van der Waals surface area contributed by atoms with Crippen molar-refractivity contribution < 1.29 is 8.42 Å². The van der Waals surface area contributed by atoms with Gasteiger partial charge in [-0.25, -0.2) is 17.8 Å². The first kappa shape index (κ1) is 19.5. The van der Waals surface area contributed by atoms with Gasteiger partial charge in [0.15, 0.2) is 0 Å². The van der Waals surface area contributed by atoms with Crippen LogP contribution in [0.25, 0.3) is 11.3 Å². The fourth-order valence-corrected chi connectivity index (χ4v) is 4.69. The first-order valence-electron chi connectivity index (χ1n) is 9.78. The standard InChI is InChI=1S/C22H23N3O3S/c26-22-13-12-21(18-7-2-1-3-8-18)24-25(22)15-14-23-29(27,28)20-11-10-17-6-4-5-9-19(17)16-20/h1-3,7-8,10-13,16,23H,4-6,9,14-15H2. The van der Waals surface area contributed by atoms with Gasteiger partial charge in [-0.05, 0) is 55.0 Å². The Balaban J connectivity index is 1.46. The summed E-state index contributed by atoms with van der Waals surface area (Å²) in [4.78, 5) is 12.4. The van der Waals surface area contributed by atoms with E-state index in [1.807, 2.05) is 36.4 Å². The first-order chi connectivity index (χ1) is 14.0. The van der Waals surface area contributed by atoms with Crippen LogP contribution in [0.3, 0.4) is 0 Å². The van der Waals surface area contributed by atoms with E-state index in [1.165, 1.54) is 16.3 Å². The Morgan fingerprint density at radius 2 is 1.69 bits per heavy atom. The summed E-state index contributed by atoms with van der Waals surface area (Å²) < 4.78 is 29.2. The minimum atomic E-state index is -3.63. The van der Waals surface area contributed by atoms with Crippen molar-refractivity contribution in [2.24, 2.45) is 0 Å². The third-order valence-electron chi connectivity index (χ3n) is 5.18. The van der Waals surface area contributed by atoms with Crippen LogP contribution < -0.4 is 10.3 Å². The normalized spacial score (nSPS) is 13.8. The molecule has 3 aromatic rings. The van der Waals surface area contributed by atoms with Gasteiger partial charge >= 0.3 is 0 Å². The number of benzene rings is 2. The average Bonchev–Trinajstić information content (AvgIpc) is 2.75. The van der Waals surface area contributed by atoms with Gasteiger partial charge in [-0.2, -0.15) is 5.10 Å². The second kappa shape index (κ2) is 8.31. The second-order valence-electron chi connectivity index (χ2n) is 7.18. The number of aromatic nitrogens is 2. The van der Waals surface area contributed by atoms with Crippen molar-refractivity contribution in [1.82, 2.24) is 14.5 Å². The lowest BCUT2D eigenvalue weighted by molar-refractivity contribution is 0.548. The maximum absolute atomic E-state index is 12.7. The van der Waals surface area contributed by atoms with E-state index in [9.17, 15) is 13.2 Å². The number of fused-ring (bicyclic) bond motifs is 1. The zero-order chi connectivity index (χ0) is 20.3. The van der Waals surface area contributed by atoms with Crippen molar-refractivity contribution in [2.45, 2.75) is 37.1 Å². The number of nitrogens with one attached hydrogen (secondary N) is 1. The van der Waals surface area contributed by atoms with Gasteiger partial charge in [0.1, 0.15) is 0 Å². The Morgan fingerprint density at radius 3 is 2.48 bits per heavy atom. The number of rotatable bonds is 6. The molecule has 0 fully saturated rings. The van der Waals surface area contributed by atoms with Crippen LogP contribution in [-0.2, 0) is 29.4 Å². The highest BCUT2D eigenvalue weighted by Gasteiger charge is 2.17. The summed E-state index contributed by atoms with van der Waals surface area (Å²) in [6.07, 6.45) is 4.18. The molecular formula is C22H23N3O3S. The summed E-state index contributed by atoms with van der Waals surface area (Å²) in [5.41, 5.74) is 3.66. The molecule has 0 atom stereocenters. The molecule has 4 rings (SSSR count). The Kier molecular flexibility index (Phi) is 5.60. The van der Waals surface area contributed by atoms with Crippen molar-refractivity contribution in [3.05, 3.63) is 82.1 Å². The number of hydrogen-bond acceptors (Lipinski definition) is 4. The predicted molar refractivity (Wildman–Crippen MR) is 112 cm³/mol. The van der Waals surface area contributed by atoms with Crippen molar-refractivity contribution >= 4 is 10.0 Å². The molecule has 0 bridgehead atoms. The van der Waals surface area contributed by atoms with E-state index in [1.54, 1.807) is 18.2 Å². The first-order valence-corrected chi connectivity index (χ1v) is 11.3. The summed E-state index contributed by atoms with van der Waals surface area (Å²) in [7, 11) is -3.63. The van der Waals surface area contributed by atoms with Crippen LogP contribution in [0.15, 0.2) is 70.4 Å². The summed E-state index contributed by atoms with van der Waals surface area (Å²) >= 11 is 0. The zero-order valence-electron chi connectivity index (χ0n) is 16.0. The largest absolute Gasteiger partial charge is 0.268 e. The number of sulfonamides is 1. The minimum absolute atomic E-state index is 0.0879. The van der Waals surface area contributed by atoms with Crippen LogP contribution in [0.1, 0.15) is 24.0 Å². The molecule has 150 valence electrons. The molecule has 0 saturated carbocycles. The van der Waals surface area contributed by atoms with Crippen molar-refractivity contribution in [2.75, 3.05) is 6.54 Å². The molecule has 6 nitrogen and oxygen atoms in total. The quantitative estimate of drug-likeness (QED) is 0.679. The highest BCUT2D eigenvalue weighted by Crippen LogP contribution is 2.24. The molecular weight excluding hydrogens is 386 g/mol.